The van der Waals surface area contributed by atoms with Crippen molar-refractivity contribution in [1.82, 2.24) is 5.48 Å². The summed E-state index contributed by atoms with van der Waals surface area (Å²) in [7, 11) is 0. The first-order valence-electron chi connectivity index (χ1n) is 3.63. The topological polar surface area (TPSA) is 33.3 Å². The van der Waals surface area contributed by atoms with Crippen LogP contribution in [0.25, 0.3) is 0 Å². The molecule has 2 N–H and O–H groups in total. The first kappa shape index (κ1) is 6.64. The van der Waals surface area contributed by atoms with Gasteiger partial charge >= 0.3 is 0 Å². The molecule has 0 amide bonds. The van der Waals surface area contributed by atoms with Gasteiger partial charge in [0.2, 0.25) is 0 Å². The molecule has 3 heteroatoms. The fourth-order valence-electron chi connectivity index (χ4n) is 1.14. The lowest BCUT2D eigenvalue weighted by molar-refractivity contribution is 0.0540. The lowest BCUT2D eigenvalue weighted by Gasteiger charge is -2.03. The third kappa shape index (κ3) is 1.34. The van der Waals surface area contributed by atoms with Crippen LogP contribution < -0.4 is 10.8 Å². The van der Waals surface area contributed by atoms with E-state index >= 15 is 0 Å². The molecule has 0 saturated heterocycles. The normalized spacial score (nSPS) is 16.4. The molecule has 1 aliphatic rings. The number of benzene rings is 1. The highest BCUT2D eigenvalue weighted by Gasteiger charge is 2.03. The molecule has 3 nitrogen and oxygen atoms in total. The van der Waals surface area contributed by atoms with E-state index in [1.807, 2.05) is 18.2 Å². The second-order valence-electron chi connectivity index (χ2n) is 2.44. The number of nitrogens with one attached hydrogen (secondary N) is 2. The van der Waals surface area contributed by atoms with Crippen LogP contribution in [-0.4, -0.2) is 6.73 Å². The summed E-state index contributed by atoms with van der Waals surface area (Å²) in [4.78, 5) is 5.02. The van der Waals surface area contributed by atoms with Gasteiger partial charge in [-0.15, -0.1) is 0 Å². The summed E-state index contributed by atoms with van der Waals surface area (Å²) in [5, 5.41) is 3.14. The van der Waals surface area contributed by atoms with Crippen LogP contribution in [0.1, 0.15) is 5.56 Å². The molecule has 0 aliphatic carbocycles. The molecule has 1 heterocycles. The van der Waals surface area contributed by atoms with Gasteiger partial charge < -0.3 is 5.32 Å². The van der Waals surface area contributed by atoms with E-state index in [-0.39, 0.29) is 0 Å². The molecule has 0 atom stereocenters. The van der Waals surface area contributed by atoms with Crippen LogP contribution in [0.15, 0.2) is 24.3 Å². The van der Waals surface area contributed by atoms with Crippen LogP contribution >= 0.6 is 0 Å². The summed E-state index contributed by atoms with van der Waals surface area (Å²) in [6, 6.07) is 8.15. The zero-order chi connectivity index (χ0) is 7.52. The number of fused-ring (bicyclic) bond motifs is 1. The van der Waals surface area contributed by atoms with Gasteiger partial charge in [0, 0.05) is 12.2 Å². The highest BCUT2D eigenvalue weighted by Crippen LogP contribution is 2.15. The largest absolute Gasteiger partial charge is 0.361 e. The molecule has 11 heavy (non-hydrogen) atoms. The minimum absolute atomic E-state index is 0.525. The van der Waals surface area contributed by atoms with Crippen molar-refractivity contribution in [1.29, 1.82) is 0 Å². The Morgan fingerprint density at radius 1 is 1.27 bits per heavy atom. The average Bonchev–Trinajstić information content (AvgIpc) is 2.28. The second-order valence-corrected chi connectivity index (χ2v) is 2.44. The highest BCUT2D eigenvalue weighted by molar-refractivity contribution is 5.50. The van der Waals surface area contributed by atoms with Crippen LogP contribution in [0.4, 0.5) is 5.69 Å². The Morgan fingerprint density at radius 3 is 3.18 bits per heavy atom. The minimum atomic E-state index is 0.525. The maximum Gasteiger partial charge on any atom is 0.137 e. The molecule has 2 rings (SSSR count). The van der Waals surface area contributed by atoms with Crippen molar-refractivity contribution in [3.63, 3.8) is 0 Å². The predicted octanol–water partition coefficient (Wildman–Crippen LogP) is 1.09. The molecule has 0 saturated carbocycles. The van der Waals surface area contributed by atoms with E-state index in [2.05, 4.69) is 16.9 Å². The van der Waals surface area contributed by atoms with Gasteiger partial charge in [-0.2, -0.15) is 5.48 Å². The third-order valence-corrected chi connectivity index (χ3v) is 1.72. The summed E-state index contributed by atoms with van der Waals surface area (Å²) in [6.07, 6.45) is 0. The molecule has 0 spiro atoms. The Labute approximate surface area is 65.3 Å². The Hall–Kier alpha value is -1.06. The van der Waals surface area contributed by atoms with E-state index < -0.39 is 0 Å². The van der Waals surface area contributed by atoms with Gasteiger partial charge in [0.15, 0.2) is 0 Å². The number of para-hydroxylation sites is 1. The second kappa shape index (κ2) is 2.90. The summed E-state index contributed by atoms with van der Waals surface area (Å²) in [6.45, 7) is 1.29. The van der Waals surface area contributed by atoms with Crippen LogP contribution in [0.3, 0.4) is 0 Å². The van der Waals surface area contributed by atoms with Crippen molar-refractivity contribution in [3.05, 3.63) is 29.8 Å². The summed E-state index contributed by atoms with van der Waals surface area (Å²) < 4.78 is 0. The van der Waals surface area contributed by atoms with Gasteiger partial charge in [0.1, 0.15) is 6.73 Å². The summed E-state index contributed by atoms with van der Waals surface area (Å²) in [5.41, 5.74) is 5.23. The number of hydrogen-bond acceptors (Lipinski definition) is 3. The Kier molecular flexibility index (Phi) is 1.75. The van der Waals surface area contributed by atoms with Crippen LogP contribution in [0.2, 0.25) is 0 Å². The number of hydrogen-bond donors (Lipinski definition) is 2. The fraction of sp³-hybridized carbons (Fsp3) is 0.250. The van der Waals surface area contributed by atoms with Gasteiger partial charge in [0.05, 0.1) is 0 Å². The van der Waals surface area contributed by atoms with E-state index in [4.69, 9.17) is 4.84 Å². The molecule has 0 radical (unpaired) electrons. The van der Waals surface area contributed by atoms with Crippen LogP contribution in [-0.2, 0) is 11.4 Å². The van der Waals surface area contributed by atoms with Crippen molar-refractivity contribution in [3.8, 4) is 0 Å². The van der Waals surface area contributed by atoms with Crippen molar-refractivity contribution < 1.29 is 4.84 Å². The average molecular weight is 150 g/mol. The zero-order valence-electron chi connectivity index (χ0n) is 6.13. The lowest BCUT2D eigenvalue weighted by atomic mass is 10.2. The Morgan fingerprint density at radius 2 is 2.18 bits per heavy atom. The minimum Gasteiger partial charge on any atom is -0.361 e. The van der Waals surface area contributed by atoms with E-state index in [1.54, 1.807) is 0 Å². The first-order valence-corrected chi connectivity index (χ1v) is 3.63. The van der Waals surface area contributed by atoms with Crippen LogP contribution in [0.5, 0.6) is 0 Å². The molecule has 1 aromatic carbocycles. The van der Waals surface area contributed by atoms with E-state index in [0.717, 1.165) is 12.2 Å². The molecule has 1 aliphatic heterocycles. The molecular formula is C8H10N2O. The lowest BCUT2D eigenvalue weighted by Crippen LogP contribution is -2.13. The molecule has 0 fully saturated rings. The van der Waals surface area contributed by atoms with Gasteiger partial charge in [0.25, 0.3) is 0 Å². The summed E-state index contributed by atoms with van der Waals surface area (Å²) in [5.74, 6) is 0. The zero-order valence-corrected chi connectivity index (χ0v) is 6.13. The first-order chi connectivity index (χ1) is 5.47. The molecule has 58 valence electrons. The standard InChI is InChI=1S/C8H10N2O/c1-2-4-8-7(3-1)5-10-11-6-9-8/h1-4,9-10H,5-6H2. The monoisotopic (exact) mass is 150 g/mol. The number of anilines is 1. The van der Waals surface area contributed by atoms with Crippen molar-refractivity contribution in [2.24, 2.45) is 0 Å². The van der Waals surface area contributed by atoms with Crippen molar-refractivity contribution >= 4 is 5.69 Å². The van der Waals surface area contributed by atoms with Gasteiger partial charge in [-0.05, 0) is 11.6 Å². The molecule has 0 bridgehead atoms. The van der Waals surface area contributed by atoms with E-state index in [0.29, 0.717) is 6.73 Å². The van der Waals surface area contributed by atoms with Crippen molar-refractivity contribution in [2.45, 2.75) is 6.54 Å². The fourth-order valence-corrected chi connectivity index (χ4v) is 1.14. The number of rotatable bonds is 0. The van der Waals surface area contributed by atoms with Crippen molar-refractivity contribution in [2.75, 3.05) is 12.0 Å². The molecule has 0 unspecified atom stereocenters. The Balaban J connectivity index is 2.33. The van der Waals surface area contributed by atoms with E-state index in [1.165, 1.54) is 5.56 Å². The Bertz CT molecular complexity index is 225. The molecule has 1 aromatic rings. The maximum absolute atomic E-state index is 5.02. The molecule has 0 aromatic heterocycles. The SMILES string of the molecule is c1ccc2c(c1)CNOCN2. The van der Waals surface area contributed by atoms with Gasteiger partial charge in [-0.25, -0.2) is 0 Å². The van der Waals surface area contributed by atoms with Crippen LogP contribution in [0, 0.1) is 0 Å². The summed E-state index contributed by atoms with van der Waals surface area (Å²) >= 11 is 0. The molecular weight excluding hydrogens is 140 g/mol. The third-order valence-electron chi connectivity index (χ3n) is 1.72. The quantitative estimate of drug-likeness (QED) is 0.580. The number of hydroxylamine groups is 1. The maximum atomic E-state index is 5.02. The smallest absolute Gasteiger partial charge is 0.137 e. The van der Waals surface area contributed by atoms with Gasteiger partial charge in [-0.3, -0.25) is 4.84 Å². The van der Waals surface area contributed by atoms with Gasteiger partial charge in [-0.1, -0.05) is 18.2 Å². The van der Waals surface area contributed by atoms with E-state index in [9.17, 15) is 0 Å². The predicted molar refractivity (Wildman–Crippen MR) is 42.9 cm³/mol. The highest BCUT2D eigenvalue weighted by atomic mass is 16.7.